The molecule has 124 valence electrons. The summed E-state index contributed by atoms with van der Waals surface area (Å²) in [6.07, 6.45) is 1.74. The van der Waals surface area contributed by atoms with Crippen LogP contribution in [0.5, 0.6) is 0 Å². The highest BCUT2D eigenvalue weighted by molar-refractivity contribution is 6.35. The van der Waals surface area contributed by atoms with Gasteiger partial charge in [0.05, 0.1) is 16.6 Å². The number of aryl methyl sites for hydroxylation is 1. The maximum Gasteiger partial charge on any atom is 0.0653 e. The van der Waals surface area contributed by atoms with E-state index in [1.807, 2.05) is 24.3 Å². The molecule has 1 aliphatic rings. The van der Waals surface area contributed by atoms with Crippen molar-refractivity contribution in [1.29, 1.82) is 0 Å². The molecule has 0 saturated carbocycles. The number of halogens is 1. The fourth-order valence-electron chi connectivity index (χ4n) is 3.64. The summed E-state index contributed by atoms with van der Waals surface area (Å²) >= 11 is 6.56. The van der Waals surface area contributed by atoms with Crippen LogP contribution in [0.1, 0.15) is 30.6 Å². The van der Waals surface area contributed by atoms with Crippen molar-refractivity contribution in [3.63, 3.8) is 0 Å². The van der Waals surface area contributed by atoms with E-state index in [0.717, 1.165) is 28.9 Å². The van der Waals surface area contributed by atoms with Gasteiger partial charge in [-0.15, -0.1) is 0 Å². The third-order valence-electron chi connectivity index (χ3n) is 4.80. The number of hydrogen-bond acceptors (Lipinski definition) is 2. The summed E-state index contributed by atoms with van der Waals surface area (Å²) in [6.45, 7) is 2.40. The lowest BCUT2D eigenvalue weighted by Crippen LogP contribution is -2.27. The van der Waals surface area contributed by atoms with Crippen LogP contribution in [-0.4, -0.2) is 22.7 Å². The number of aromatic nitrogens is 1. The topological polar surface area (TPSA) is 48.0 Å². The number of aliphatic hydroxyl groups is 1. The maximum atomic E-state index is 9.51. The first kappa shape index (κ1) is 15.7. The highest BCUT2D eigenvalue weighted by Crippen LogP contribution is 2.40. The molecule has 3 aromatic rings. The van der Waals surface area contributed by atoms with Crippen LogP contribution in [-0.2, 0) is 6.42 Å². The summed E-state index contributed by atoms with van der Waals surface area (Å²) < 4.78 is 0. The van der Waals surface area contributed by atoms with Gasteiger partial charge in [0.2, 0.25) is 0 Å². The van der Waals surface area contributed by atoms with Gasteiger partial charge in [0.15, 0.2) is 0 Å². The van der Waals surface area contributed by atoms with Crippen LogP contribution in [0.2, 0.25) is 5.02 Å². The zero-order chi connectivity index (χ0) is 16.7. The standard InChI is InChI=1S/C20H21ClN2O/c1-12(24)11-22-18-8-7-15-16-9-14(13-5-3-2-4-6-13)10-17(21)19(16)23-20(15)18/h2-6,9-10,12,18,22-24H,7-8,11H2,1H3/t12-,18+/m0/s1. The Kier molecular flexibility index (Phi) is 4.09. The molecular weight excluding hydrogens is 320 g/mol. The SMILES string of the molecule is C[C@H](O)CN[C@@H]1CCc2c1[nH]c1c(Cl)cc(-c3ccccc3)cc21. The van der Waals surface area contributed by atoms with Gasteiger partial charge in [0.1, 0.15) is 0 Å². The second-order valence-electron chi connectivity index (χ2n) is 6.61. The van der Waals surface area contributed by atoms with E-state index in [1.54, 1.807) is 6.92 Å². The summed E-state index contributed by atoms with van der Waals surface area (Å²) in [4.78, 5) is 3.52. The third-order valence-corrected chi connectivity index (χ3v) is 5.10. The van der Waals surface area contributed by atoms with Crippen LogP contribution < -0.4 is 5.32 Å². The Hall–Kier alpha value is -1.81. The molecule has 0 unspecified atom stereocenters. The van der Waals surface area contributed by atoms with Crippen LogP contribution in [0.3, 0.4) is 0 Å². The second kappa shape index (κ2) is 6.25. The molecule has 2 aromatic carbocycles. The van der Waals surface area contributed by atoms with Crippen molar-refractivity contribution in [1.82, 2.24) is 10.3 Å². The zero-order valence-electron chi connectivity index (χ0n) is 13.6. The molecule has 0 radical (unpaired) electrons. The molecule has 0 saturated heterocycles. The minimum absolute atomic E-state index is 0.262. The molecule has 3 N–H and O–H groups in total. The molecule has 0 aliphatic heterocycles. The molecule has 0 amide bonds. The number of aromatic amines is 1. The van der Waals surface area contributed by atoms with E-state index in [4.69, 9.17) is 11.6 Å². The molecule has 1 aliphatic carbocycles. The predicted molar refractivity (Wildman–Crippen MR) is 99.5 cm³/mol. The van der Waals surface area contributed by atoms with Gasteiger partial charge in [0.25, 0.3) is 0 Å². The summed E-state index contributed by atoms with van der Waals surface area (Å²) in [6, 6.07) is 14.9. The van der Waals surface area contributed by atoms with E-state index in [1.165, 1.54) is 22.2 Å². The van der Waals surface area contributed by atoms with Crippen LogP contribution in [0.15, 0.2) is 42.5 Å². The van der Waals surface area contributed by atoms with Crippen molar-refractivity contribution in [3.05, 3.63) is 58.7 Å². The highest BCUT2D eigenvalue weighted by Gasteiger charge is 2.27. The fraction of sp³-hybridized carbons (Fsp3) is 0.300. The molecule has 24 heavy (non-hydrogen) atoms. The number of aliphatic hydroxyl groups excluding tert-OH is 1. The van der Waals surface area contributed by atoms with E-state index >= 15 is 0 Å². The lowest BCUT2D eigenvalue weighted by molar-refractivity contribution is 0.186. The molecule has 1 heterocycles. The third kappa shape index (κ3) is 2.73. The maximum absolute atomic E-state index is 9.51. The van der Waals surface area contributed by atoms with Crippen molar-refractivity contribution < 1.29 is 5.11 Å². The van der Waals surface area contributed by atoms with Crippen LogP contribution in [0.25, 0.3) is 22.0 Å². The Morgan fingerprint density at radius 2 is 2.04 bits per heavy atom. The molecule has 4 heteroatoms. The van der Waals surface area contributed by atoms with E-state index in [-0.39, 0.29) is 12.1 Å². The number of H-pyrrole nitrogens is 1. The first-order valence-electron chi connectivity index (χ1n) is 8.44. The van der Waals surface area contributed by atoms with Gasteiger partial charge in [-0.3, -0.25) is 0 Å². The van der Waals surface area contributed by atoms with Gasteiger partial charge in [0, 0.05) is 23.7 Å². The van der Waals surface area contributed by atoms with Crippen molar-refractivity contribution in [2.24, 2.45) is 0 Å². The predicted octanol–water partition coefficient (Wildman–Crippen LogP) is 4.45. The van der Waals surface area contributed by atoms with E-state index < -0.39 is 0 Å². The van der Waals surface area contributed by atoms with Crippen molar-refractivity contribution in [2.45, 2.75) is 31.9 Å². The average molecular weight is 341 g/mol. The van der Waals surface area contributed by atoms with E-state index in [9.17, 15) is 5.11 Å². The van der Waals surface area contributed by atoms with Gasteiger partial charge in [-0.25, -0.2) is 0 Å². The molecule has 1 aromatic heterocycles. The van der Waals surface area contributed by atoms with Crippen LogP contribution in [0.4, 0.5) is 0 Å². The fourth-order valence-corrected chi connectivity index (χ4v) is 3.91. The number of rotatable bonds is 4. The van der Waals surface area contributed by atoms with Gasteiger partial charge >= 0.3 is 0 Å². The quantitative estimate of drug-likeness (QED) is 0.657. The molecule has 4 rings (SSSR count). The molecule has 0 fully saturated rings. The normalized spacial score (nSPS) is 18.0. The van der Waals surface area contributed by atoms with Crippen molar-refractivity contribution in [2.75, 3.05) is 6.54 Å². The molecule has 0 spiro atoms. The number of benzene rings is 2. The van der Waals surface area contributed by atoms with E-state index in [2.05, 4.69) is 28.5 Å². The van der Waals surface area contributed by atoms with Crippen molar-refractivity contribution in [3.8, 4) is 11.1 Å². The summed E-state index contributed by atoms with van der Waals surface area (Å²) in [5, 5.41) is 14.9. The Morgan fingerprint density at radius 3 is 2.79 bits per heavy atom. The smallest absolute Gasteiger partial charge is 0.0653 e. The lowest BCUT2D eigenvalue weighted by Gasteiger charge is -2.14. The summed E-state index contributed by atoms with van der Waals surface area (Å²) in [7, 11) is 0. The lowest BCUT2D eigenvalue weighted by atomic mass is 10.0. The monoisotopic (exact) mass is 340 g/mol. The van der Waals surface area contributed by atoms with E-state index in [0.29, 0.717) is 6.54 Å². The second-order valence-corrected chi connectivity index (χ2v) is 7.02. The summed E-state index contributed by atoms with van der Waals surface area (Å²) in [5.41, 5.74) is 5.92. The first-order valence-corrected chi connectivity index (χ1v) is 8.82. The molecule has 3 nitrogen and oxygen atoms in total. The largest absolute Gasteiger partial charge is 0.392 e. The Bertz CT molecular complexity index is 870. The number of hydrogen-bond donors (Lipinski definition) is 3. The Balaban J connectivity index is 1.77. The molecule has 0 bridgehead atoms. The Labute approximate surface area is 146 Å². The Morgan fingerprint density at radius 1 is 1.25 bits per heavy atom. The minimum atomic E-state index is -0.341. The average Bonchev–Trinajstić information content (AvgIpc) is 3.14. The van der Waals surface area contributed by atoms with Crippen LogP contribution >= 0.6 is 11.6 Å². The number of nitrogens with one attached hydrogen (secondary N) is 2. The summed E-state index contributed by atoms with van der Waals surface area (Å²) in [5.74, 6) is 0. The van der Waals surface area contributed by atoms with Gasteiger partial charge < -0.3 is 15.4 Å². The molecule has 2 atom stereocenters. The number of fused-ring (bicyclic) bond motifs is 3. The minimum Gasteiger partial charge on any atom is -0.392 e. The molecular formula is C20H21ClN2O. The van der Waals surface area contributed by atoms with Gasteiger partial charge in [-0.05, 0) is 48.6 Å². The first-order chi connectivity index (χ1) is 11.6. The van der Waals surface area contributed by atoms with Crippen LogP contribution in [0, 0.1) is 0 Å². The zero-order valence-corrected chi connectivity index (χ0v) is 14.4. The van der Waals surface area contributed by atoms with Gasteiger partial charge in [-0.1, -0.05) is 41.9 Å². The van der Waals surface area contributed by atoms with Crippen molar-refractivity contribution >= 4 is 22.5 Å². The van der Waals surface area contributed by atoms with Gasteiger partial charge in [-0.2, -0.15) is 0 Å². The highest BCUT2D eigenvalue weighted by atomic mass is 35.5.